The minimum Gasteiger partial charge on any atom is -0.468 e. The Hall–Kier alpha value is -1.85. The van der Waals surface area contributed by atoms with Gasteiger partial charge in [-0.1, -0.05) is 17.7 Å². The molecule has 2 aromatic rings. The molecule has 0 N–H and O–H groups in total. The molecule has 0 aliphatic heterocycles. The molecule has 0 unspecified atom stereocenters. The summed E-state index contributed by atoms with van der Waals surface area (Å²) in [5.74, 6) is 0.565. The van der Waals surface area contributed by atoms with Crippen LogP contribution in [0.25, 0.3) is 0 Å². The highest BCUT2D eigenvalue weighted by Gasteiger charge is 2.17. The molecule has 0 atom stereocenters. The Morgan fingerprint density at radius 2 is 1.40 bits per heavy atom. The van der Waals surface area contributed by atoms with Gasteiger partial charge >= 0.3 is 0 Å². The Morgan fingerprint density at radius 1 is 0.900 bits per heavy atom. The third-order valence-corrected chi connectivity index (χ3v) is 4.59. The number of methoxy groups -OCH3 is 1. The average Bonchev–Trinajstić information content (AvgIpc) is 2.46. The molecule has 0 radical (unpaired) electrons. The van der Waals surface area contributed by atoms with Crippen LogP contribution in [0.5, 0.6) is 5.75 Å². The number of aryl methyl sites for hydroxylation is 1. The van der Waals surface area contributed by atoms with E-state index in [1.807, 2.05) is 6.92 Å². The van der Waals surface area contributed by atoms with Crippen molar-refractivity contribution in [3.8, 4) is 5.75 Å². The van der Waals surface area contributed by atoms with Gasteiger partial charge in [-0.3, -0.25) is 0 Å². The van der Waals surface area contributed by atoms with Gasteiger partial charge in [0, 0.05) is 7.11 Å². The third kappa shape index (κ3) is 3.18. The van der Waals surface area contributed by atoms with Crippen molar-refractivity contribution in [1.82, 2.24) is 0 Å². The Labute approximate surface area is 118 Å². The van der Waals surface area contributed by atoms with E-state index in [0.29, 0.717) is 5.75 Å². The van der Waals surface area contributed by atoms with Gasteiger partial charge in [0.1, 0.15) is 5.75 Å². The molecule has 0 saturated carbocycles. The summed E-state index contributed by atoms with van der Waals surface area (Å²) >= 11 is 0. The fourth-order valence-corrected chi connectivity index (χ4v) is 2.96. The minimum absolute atomic E-state index is 0.129. The van der Waals surface area contributed by atoms with Crippen molar-refractivity contribution in [2.75, 3.05) is 13.9 Å². The first-order chi connectivity index (χ1) is 9.54. The first-order valence-electron chi connectivity index (χ1n) is 6.07. The lowest BCUT2D eigenvalue weighted by molar-refractivity contribution is 0.0511. The largest absolute Gasteiger partial charge is 0.468 e. The highest BCUT2D eigenvalue weighted by atomic mass is 32.2. The van der Waals surface area contributed by atoms with Crippen molar-refractivity contribution in [1.29, 1.82) is 0 Å². The number of benzene rings is 2. The summed E-state index contributed by atoms with van der Waals surface area (Å²) in [6.07, 6.45) is 0. The second-order valence-corrected chi connectivity index (χ2v) is 6.29. The molecule has 0 amide bonds. The smallest absolute Gasteiger partial charge is 0.206 e. The van der Waals surface area contributed by atoms with Crippen LogP contribution in [0.3, 0.4) is 0 Å². The Kier molecular flexibility index (Phi) is 4.42. The zero-order chi connectivity index (χ0) is 14.6. The van der Waals surface area contributed by atoms with Crippen LogP contribution < -0.4 is 4.74 Å². The van der Waals surface area contributed by atoms with E-state index in [0.717, 1.165) is 5.56 Å². The van der Waals surface area contributed by atoms with Crippen LogP contribution in [0.2, 0.25) is 0 Å². The van der Waals surface area contributed by atoms with Crippen LogP contribution in [0, 0.1) is 6.92 Å². The van der Waals surface area contributed by atoms with Crippen molar-refractivity contribution in [2.45, 2.75) is 16.7 Å². The fraction of sp³-hybridized carbons (Fsp3) is 0.200. The van der Waals surface area contributed by atoms with Gasteiger partial charge in [-0.2, -0.15) is 0 Å². The molecule has 20 heavy (non-hydrogen) atoms. The van der Waals surface area contributed by atoms with E-state index in [1.54, 1.807) is 36.4 Å². The lowest BCUT2D eigenvalue weighted by Crippen LogP contribution is -2.03. The monoisotopic (exact) mass is 292 g/mol. The van der Waals surface area contributed by atoms with Crippen LogP contribution >= 0.6 is 0 Å². The van der Waals surface area contributed by atoms with Crippen molar-refractivity contribution < 1.29 is 17.9 Å². The van der Waals surface area contributed by atoms with E-state index in [2.05, 4.69) is 0 Å². The van der Waals surface area contributed by atoms with Gasteiger partial charge < -0.3 is 9.47 Å². The second kappa shape index (κ2) is 6.07. The van der Waals surface area contributed by atoms with Crippen LogP contribution in [-0.2, 0) is 14.6 Å². The molecule has 106 valence electrons. The number of hydrogen-bond acceptors (Lipinski definition) is 4. The number of sulfone groups is 1. The predicted molar refractivity (Wildman–Crippen MR) is 75.6 cm³/mol. The van der Waals surface area contributed by atoms with Gasteiger partial charge in [0.25, 0.3) is 0 Å². The summed E-state index contributed by atoms with van der Waals surface area (Å²) in [6.45, 7) is 2.04. The second-order valence-electron chi connectivity index (χ2n) is 4.34. The van der Waals surface area contributed by atoms with Gasteiger partial charge in [0.05, 0.1) is 9.79 Å². The van der Waals surface area contributed by atoms with Crippen LogP contribution in [0.4, 0.5) is 0 Å². The summed E-state index contributed by atoms with van der Waals surface area (Å²) in [5.41, 5.74) is 1.02. The van der Waals surface area contributed by atoms with E-state index in [4.69, 9.17) is 9.47 Å². The van der Waals surface area contributed by atoms with Gasteiger partial charge in [-0.05, 0) is 43.3 Å². The van der Waals surface area contributed by atoms with Gasteiger partial charge in [-0.25, -0.2) is 8.42 Å². The van der Waals surface area contributed by atoms with E-state index >= 15 is 0 Å². The fourth-order valence-electron chi connectivity index (χ4n) is 1.70. The standard InChI is InChI=1S/C15H16O4S/c1-12-3-7-14(8-4-12)20(16,17)15-9-5-13(6-10-15)19-11-18-2/h3-10H,11H2,1-2H3. The highest BCUT2D eigenvalue weighted by Crippen LogP contribution is 2.23. The quantitative estimate of drug-likeness (QED) is 0.795. The van der Waals surface area contributed by atoms with Gasteiger partial charge in [0.2, 0.25) is 9.84 Å². The maximum absolute atomic E-state index is 12.4. The van der Waals surface area contributed by atoms with E-state index in [9.17, 15) is 8.42 Å². The molecule has 0 heterocycles. The molecule has 2 rings (SSSR count). The summed E-state index contributed by atoms with van der Waals surface area (Å²) in [6, 6.07) is 13.1. The molecular formula is C15H16O4S. The summed E-state index contributed by atoms with van der Waals surface area (Å²) in [7, 11) is -1.96. The molecule has 0 spiro atoms. The van der Waals surface area contributed by atoms with Gasteiger partial charge in [0.15, 0.2) is 6.79 Å². The number of hydrogen-bond donors (Lipinski definition) is 0. The average molecular weight is 292 g/mol. The third-order valence-electron chi connectivity index (χ3n) is 2.81. The summed E-state index contributed by atoms with van der Waals surface area (Å²) in [4.78, 5) is 0.528. The van der Waals surface area contributed by atoms with Crippen molar-refractivity contribution in [3.05, 3.63) is 54.1 Å². The zero-order valence-electron chi connectivity index (χ0n) is 11.4. The topological polar surface area (TPSA) is 52.6 Å². The molecule has 0 aliphatic rings. The van der Waals surface area contributed by atoms with E-state index < -0.39 is 9.84 Å². The van der Waals surface area contributed by atoms with Crippen LogP contribution in [0.15, 0.2) is 58.3 Å². The highest BCUT2D eigenvalue weighted by molar-refractivity contribution is 7.91. The molecule has 0 bridgehead atoms. The van der Waals surface area contributed by atoms with E-state index in [-0.39, 0.29) is 16.6 Å². The van der Waals surface area contributed by atoms with Crippen molar-refractivity contribution in [3.63, 3.8) is 0 Å². The number of rotatable bonds is 5. The van der Waals surface area contributed by atoms with Crippen LogP contribution in [-0.4, -0.2) is 22.3 Å². The Bertz CT molecular complexity index is 658. The Morgan fingerprint density at radius 3 is 1.90 bits per heavy atom. The lowest BCUT2D eigenvalue weighted by Gasteiger charge is -2.07. The molecule has 5 heteroatoms. The van der Waals surface area contributed by atoms with Crippen molar-refractivity contribution >= 4 is 9.84 Å². The zero-order valence-corrected chi connectivity index (χ0v) is 12.2. The van der Waals surface area contributed by atoms with Gasteiger partial charge in [-0.15, -0.1) is 0 Å². The van der Waals surface area contributed by atoms with Crippen LogP contribution in [0.1, 0.15) is 5.56 Å². The van der Waals surface area contributed by atoms with E-state index in [1.165, 1.54) is 19.2 Å². The summed E-state index contributed by atoms with van der Waals surface area (Å²) in [5, 5.41) is 0. The molecule has 2 aromatic carbocycles. The number of ether oxygens (including phenoxy) is 2. The maximum Gasteiger partial charge on any atom is 0.206 e. The molecular weight excluding hydrogens is 276 g/mol. The Balaban J connectivity index is 2.27. The molecule has 0 aromatic heterocycles. The molecule has 0 fully saturated rings. The van der Waals surface area contributed by atoms with Crippen molar-refractivity contribution in [2.24, 2.45) is 0 Å². The lowest BCUT2D eigenvalue weighted by atomic mass is 10.2. The predicted octanol–water partition coefficient (Wildman–Crippen LogP) is 2.81. The minimum atomic E-state index is -3.48. The molecule has 0 saturated heterocycles. The SMILES string of the molecule is COCOc1ccc(S(=O)(=O)c2ccc(C)cc2)cc1. The molecule has 0 aliphatic carbocycles. The maximum atomic E-state index is 12.4. The normalized spacial score (nSPS) is 11.3. The summed E-state index contributed by atoms with van der Waals surface area (Å²) < 4.78 is 34.8. The molecule has 4 nitrogen and oxygen atoms in total. The first-order valence-corrected chi connectivity index (χ1v) is 7.56. The first kappa shape index (κ1) is 14.6.